The molecule has 16 heavy (non-hydrogen) atoms. The minimum atomic E-state index is -0.287. The summed E-state index contributed by atoms with van der Waals surface area (Å²) in [7, 11) is 1.54. The third kappa shape index (κ3) is 1.75. The number of para-hydroxylation sites is 2. The van der Waals surface area contributed by atoms with Gasteiger partial charge in [-0.25, -0.2) is 0 Å². The van der Waals surface area contributed by atoms with Gasteiger partial charge in [0, 0.05) is 6.07 Å². The molecule has 1 aromatic heterocycles. The van der Waals surface area contributed by atoms with Gasteiger partial charge in [0.15, 0.2) is 0 Å². The molecule has 1 heterocycles. The summed E-state index contributed by atoms with van der Waals surface area (Å²) in [5.74, 6) is 0.585. The van der Waals surface area contributed by atoms with Crippen LogP contribution in [0.4, 0.5) is 5.69 Å². The van der Waals surface area contributed by atoms with Crippen molar-refractivity contribution in [3.05, 3.63) is 46.9 Å². The topological polar surface area (TPSA) is 70.1 Å². The molecule has 0 aliphatic heterocycles. The lowest BCUT2D eigenvalue weighted by Gasteiger charge is -2.08. The number of methoxy groups -OCH3 is 1. The van der Waals surface area contributed by atoms with E-state index in [1.165, 1.54) is 16.9 Å². The molecule has 82 valence electrons. The van der Waals surface area contributed by atoms with Gasteiger partial charge in [0.25, 0.3) is 5.56 Å². The molecule has 1 aromatic carbocycles. The fourth-order valence-electron chi connectivity index (χ4n) is 1.41. The van der Waals surface area contributed by atoms with E-state index in [1.807, 2.05) is 12.1 Å². The Kier molecular flexibility index (Phi) is 2.59. The van der Waals surface area contributed by atoms with Crippen LogP contribution in [0.25, 0.3) is 5.69 Å². The smallest absolute Gasteiger partial charge is 0.273 e. The van der Waals surface area contributed by atoms with E-state index in [9.17, 15) is 4.79 Å². The molecule has 0 aliphatic carbocycles. The first-order valence-corrected chi connectivity index (χ1v) is 4.70. The number of hydrogen-bond acceptors (Lipinski definition) is 4. The van der Waals surface area contributed by atoms with Crippen molar-refractivity contribution >= 4 is 5.69 Å². The van der Waals surface area contributed by atoms with Gasteiger partial charge in [0.2, 0.25) is 0 Å². The molecule has 2 N–H and O–H groups in total. The van der Waals surface area contributed by atoms with Crippen LogP contribution in [0.15, 0.2) is 41.3 Å². The highest BCUT2D eigenvalue weighted by Crippen LogP contribution is 2.19. The Morgan fingerprint density at radius 1 is 1.38 bits per heavy atom. The molecule has 0 unspecified atom stereocenters. The second-order valence-corrected chi connectivity index (χ2v) is 3.21. The first-order valence-electron chi connectivity index (χ1n) is 4.70. The average molecular weight is 217 g/mol. The van der Waals surface area contributed by atoms with Crippen LogP contribution in [-0.2, 0) is 0 Å². The van der Waals surface area contributed by atoms with Gasteiger partial charge in [-0.1, -0.05) is 12.1 Å². The molecule has 0 saturated carbocycles. The van der Waals surface area contributed by atoms with Crippen molar-refractivity contribution in [3.8, 4) is 11.4 Å². The highest BCUT2D eigenvalue weighted by Gasteiger charge is 2.06. The Bertz CT molecular complexity index is 563. The highest BCUT2D eigenvalue weighted by atomic mass is 16.5. The largest absolute Gasteiger partial charge is 0.494 e. The van der Waals surface area contributed by atoms with Gasteiger partial charge < -0.3 is 10.5 Å². The minimum absolute atomic E-state index is 0.287. The summed E-state index contributed by atoms with van der Waals surface area (Å²) in [6.07, 6.45) is 1.42. The van der Waals surface area contributed by atoms with Crippen molar-refractivity contribution in [2.45, 2.75) is 0 Å². The molecule has 5 heteroatoms. The Morgan fingerprint density at radius 3 is 2.81 bits per heavy atom. The second-order valence-electron chi connectivity index (χ2n) is 3.21. The van der Waals surface area contributed by atoms with Crippen molar-refractivity contribution in [2.24, 2.45) is 0 Å². The van der Waals surface area contributed by atoms with Crippen LogP contribution in [0.3, 0.4) is 0 Å². The quantitative estimate of drug-likeness (QED) is 0.808. The molecule has 2 aromatic rings. The van der Waals surface area contributed by atoms with Crippen LogP contribution in [0.2, 0.25) is 0 Å². The van der Waals surface area contributed by atoms with Crippen molar-refractivity contribution in [1.82, 2.24) is 9.78 Å². The molecule has 0 bridgehead atoms. The standard InChI is InChI=1S/C11H11N3O2/c1-16-10-5-3-2-4-9(10)14-11(15)6-8(12)7-13-14/h2-7H,12H2,1H3. The predicted molar refractivity (Wildman–Crippen MR) is 60.8 cm³/mol. The Labute approximate surface area is 92.1 Å². The fourth-order valence-corrected chi connectivity index (χ4v) is 1.41. The molecule has 0 fully saturated rings. The van der Waals surface area contributed by atoms with Gasteiger partial charge in [0.1, 0.15) is 11.4 Å². The summed E-state index contributed by atoms with van der Waals surface area (Å²) in [5.41, 5.74) is 6.12. The first kappa shape index (κ1) is 10.2. The molecule has 0 aliphatic rings. The number of nitrogens with zero attached hydrogens (tertiary/aromatic N) is 2. The summed E-state index contributed by atoms with van der Waals surface area (Å²) < 4.78 is 6.40. The fraction of sp³-hybridized carbons (Fsp3) is 0.0909. The summed E-state index contributed by atoms with van der Waals surface area (Å²) in [6, 6.07) is 8.47. The van der Waals surface area contributed by atoms with E-state index in [0.717, 1.165) is 0 Å². The molecule has 0 spiro atoms. The average Bonchev–Trinajstić information content (AvgIpc) is 2.29. The van der Waals surface area contributed by atoms with Crippen LogP contribution in [0.5, 0.6) is 5.75 Å². The van der Waals surface area contributed by atoms with Crippen LogP contribution >= 0.6 is 0 Å². The first-order chi connectivity index (χ1) is 7.72. The lowest BCUT2D eigenvalue weighted by Crippen LogP contribution is -2.21. The molecule has 0 radical (unpaired) electrons. The van der Waals surface area contributed by atoms with Crippen molar-refractivity contribution in [3.63, 3.8) is 0 Å². The monoisotopic (exact) mass is 217 g/mol. The number of aromatic nitrogens is 2. The third-order valence-corrected chi connectivity index (χ3v) is 2.13. The maximum absolute atomic E-state index is 11.7. The van der Waals surface area contributed by atoms with Crippen molar-refractivity contribution < 1.29 is 4.74 Å². The van der Waals surface area contributed by atoms with E-state index < -0.39 is 0 Å². The number of ether oxygens (including phenoxy) is 1. The molecular weight excluding hydrogens is 206 g/mol. The van der Waals surface area contributed by atoms with Gasteiger partial charge in [-0.15, -0.1) is 0 Å². The number of anilines is 1. The second kappa shape index (κ2) is 4.06. The normalized spacial score (nSPS) is 10.1. The van der Waals surface area contributed by atoms with Crippen LogP contribution in [0.1, 0.15) is 0 Å². The van der Waals surface area contributed by atoms with E-state index >= 15 is 0 Å². The number of nitrogen functional groups attached to an aromatic ring is 1. The van der Waals surface area contributed by atoms with Crippen molar-refractivity contribution in [2.75, 3.05) is 12.8 Å². The number of rotatable bonds is 2. The Morgan fingerprint density at radius 2 is 2.12 bits per heavy atom. The van der Waals surface area contributed by atoms with Crippen LogP contribution in [0, 0.1) is 0 Å². The summed E-state index contributed by atoms with van der Waals surface area (Å²) in [6.45, 7) is 0. The number of hydrogen-bond donors (Lipinski definition) is 1. The molecule has 5 nitrogen and oxygen atoms in total. The Balaban J connectivity index is 2.63. The zero-order valence-electron chi connectivity index (χ0n) is 8.75. The van der Waals surface area contributed by atoms with Crippen molar-refractivity contribution in [1.29, 1.82) is 0 Å². The van der Waals surface area contributed by atoms with Gasteiger partial charge in [0.05, 0.1) is 19.0 Å². The van der Waals surface area contributed by atoms with E-state index in [-0.39, 0.29) is 5.56 Å². The summed E-state index contributed by atoms with van der Waals surface area (Å²) in [5, 5.41) is 3.96. The third-order valence-electron chi connectivity index (χ3n) is 2.13. The predicted octanol–water partition coefficient (Wildman–Crippen LogP) is 0.823. The van der Waals surface area contributed by atoms with E-state index in [0.29, 0.717) is 17.1 Å². The Hall–Kier alpha value is -2.30. The van der Waals surface area contributed by atoms with Gasteiger partial charge in [-0.3, -0.25) is 4.79 Å². The lowest BCUT2D eigenvalue weighted by molar-refractivity contribution is 0.411. The zero-order chi connectivity index (χ0) is 11.5. The van der Waals surface area contributed by atoms with E-state index in [1.54, 1.807) is 19.2 Å². The summed E-state index contributed by atoms with van der Waals surface area (Å²) >= 11 is 0. The molecular formula is C11H11N3O2. The molecule has 2 rings (SSSR count). The van der Waals surface area contributed by atoms with E-state index in [4.69, 9.17) is 10.5 Å². The number of benzene rings is 1. The lowest BCUT2D eigenvalue weighted by atomic mass is 10.3. The maximum Gasteiger partial charge on any atom is 0.273 e. The molecule has 0 saturated heterocycles. The highest BCUT2D eigenvalue weighted by molar-refractivity contribution is 5.46. The van der Waals surface area contributed by atoms with Gasteiger partial charge in [-0.05, 0) is 12.1 Å². The zero-order valence-corrected chi connectivity index (χ0v) is 8.75. The molecule has 0 amide bonds. The van der Waals surface area contributed by atoms with Gasteiger partial charge >= 0.3 is 0 Å². The SMILES string of the molecule is COc1ccccc1-n1ncc(N)cc1=O. The van der Waals surface area contributed by atoms with Crippen LogP contribution < -0.4 is 16.0 Å². The van der Waals surface area contributed by atoms with Gasteiger partial charge in [-0.2, -0.15) is 9.78 Å². The minimum Gasteiger partial charge on any atom is -0.494 e. The van der Waals surface area contributed by atoms with Crippen LogP contribution in [-0.4, -0.2) is 16.9 Å². The number of nitrogens with two attached hydrogens (primary N) is 1. The maximum atomic E-state index is 11.7. The molecule has 0 atom stereocenters. The summed E-state index contributed by atoms with van der Waals surface area (Å²) in [4.78, 5) is 11.7. The van der Waals surface area contributed by atoms with E-state index in [2.05, 4.69) is 5.10 Å².